The Bertz CT molecular complexity index is 71.0. The molecule has 0 nitrogen and oxygen atoms in total. The Labute approximate surface area is 143 Å². The van der Waals surface area contributed by atoms with Crippen molar-refractivity contribution in [3.05, 3.63) is 13.8 Å². The molecule has 2 saturated carbocycles. The van der Waals surface area contributed by atoms with Crippen LogP contribution in [-0.4, -0.2) is 0 Å². The molecular weight excluding hydrogens is 307 g/mol. The fraction of sp³-hybridized carbons (Fsp3) is 0.889. The Balaban J connectivity index is -0.000000178. The van der Waals surface area contributed by atoms with E-state index in [9.17, 15) is 0 Å². The fourth-order valence-electron chi connectivity index (χ4n) is 1.77. The van der Waals surface area contributed by atoms with E-state index in [4.69, 9.17) is 0 Å². The summed E-state index contributed by atoms with van der Waals surface area (Å²) in [5, 5.41) is 0. The summed E-state index contributed by atoms with van der Waals surface area (Å²) in [6, 6.07) is 0. The van der Waals surface area contributed by atoms with E-state index in [1.807, 2.05) is 0 Å². The van der Waals surface area contributed by atoms with E-state index in [1.165, 1.54) is 77.0 Å². The van der Waals surface area contributed by atoms with Crippen molar-refractivity contribution in [2.24, 2.45) is 0 Å². The molecule has 0 aromatic rings. The quantitative estimate of drug-likeness (QED) is 0.466. The van der Waals surface area contributed by atoms with Crippen LogP contribution in [0.3, 0.4) is 0 Å². The zero-order valence-corrected chi connectivity index (χ0v) is 16.3. The zero-order valence-electron chi connectivity index (χ0n) is 13.8. The summed E-state index contributed by atoms with van der Waals surface area (Å²) in [5.41, 5.74) is 0. The van der Waals surface area contributed by atoms with Gasteiger partial charge >= 0.3 is 26.2 Å². The average Bonchev–Trinajstić information content (AvgIpc) is 3.14. The van der Waals surface area contributed by atoms with Crippen LogP contribution in [0.25, 0.3) is 0 Å². The van der Waals surface area contributed by atoms with Crippen molar-refractivity contribution in [3.63, 3.8) is 0 Å². The summed E-state index contributed by atoms with van der Waals surface area (Å²) in [5.74, 6) is 0. The van der Waals surface area contributed by atoms with Crippen molar-refractivity contribution < 1.29 is 26.2 Å². The van der Waals surface area contributed by atoms with Gasteiger partial charge in [-0.25, -0.2) is 0 Å². The molecule has 0 aromatic carbocycles. The summed E-state index contributed by atoms with van der Waals surface area (Å²) in [7, 11) is 0. The molecule has 0 spiro atoms. The van der Waals surface area contributed by atoms with Crippen molar-refractivity contribution in [1.29, 1.82) is 0 Å². The second kappa shape index (κ2) is 27.3. The molecule has 2 aliphatic rings. The van der Waals surface area contributed by atoms with Gasteiger partial charge in [-0.1, -0.05) is 90.9 Å². The van der Waals surface area contributed by atoms with E-state index in [2.05, 4.69) is 27.7 Å². The van der Waals surface area contributed by atoms with E-state index in [-0.39, 0.29) is 26.2 Å². The molecule has 0 amide bonds. The Hall–Kier alpha value is 0.883. The van der Waals surface area contributed by atoms with E-state index >= 15 is 0 Å². The Morgan fingerprint density at radius 2 is 0.632 bits per heavy atom. The monoisotopic (exact) mass is 344 g/mol. The van der Waals surface area contributed by atoms with Gasteiger partial charge in [-0.15, -0.1) is 0 Å². The van der Waals surface area contributed by atoms with Crippen LogP contribution in [0.15, 0.2) is 0 Å². The molecule has 0 aromatic heterocycles. The first-order chi connectivity index (χ1) is 8.83. The van der Waals surface area contributed by atoms with Gasteiger partial charge in [-0.2, -0.15) is 12.8 Å². The van der Waals surface area contributed by atoms with E-state index in [1.54, 1.807) is 0 Å². The first kappa shape index (κ1) is 24.9. The Morgan fingerprint density at radius 1 is 0.526 bits per heavy atom. The van der Waals surface area contributed by atoms with Gasteiger partial charge in [0.1, 0.15) is 0 Å². The molecule has 2 fully saturated rings. The smallest absolute Gasteiger partial charge is 0.343 e. The van der Waals surface area contributed by atoms with Crippen LogP contribution < -0.4 is 0 Å². The number of unbranched alkanes of at least 4 members (excludes halogenated alkanes) is 2. The number of hydrogen-bond donors (Lipinski definition) is 0. The minimum atomic E-state index is 0. The molecule has 19 heavy (non-hydrogen) atoms. The molecule has 0 heterocycles. The van der Waals surface area contributed by atoms with Gasteiger partial charge in [0.05, 0.1) is 0 Å². The Kier molecular flexibility index (Phi) is 35.7. The second-order valence-electron chi connectivity index (χ2n) is 5.24. The summed E-state index contributed by atoms with van der Waals surface area (Å²) >= 11 is 0. The molecule has 0 radical (unpaired) electrons. The number of hydrogen-bond acceptors (Lipinski definition) is 0. The summed E-state index contributed by atoms with van der Waals surface area (Å²) in [6.45, 7) is 11.4. The van der Waals surface area contributed by atoms with Gasteiger partial charge in [-0.3, -0.25) is 0 Å². The first-order valence-corrected chi connectivity index (χ1v) is 8.41. The second-order valence-corrected chi connectivity index (χ2v) is 5.24. The summed E-state index contributed by atoms with van der Waals surface area (Å²) < 4.78 is 0. The van der Waals surface area contributed by atoms with Gasteiger partial charge in [0, 0.05) is 0 Å². The molecule has 0 atom stereocenters. The Morgan fingerprint density at radius 3 is 0.684 bits per heavy atom. The van der Waals surface area contributed by atoms with Crippen LogP contribution in [0.1, 0.15) is 104 Å². The minimum absolute atomic E-state index is 0. The van der Waals surface area contributed by atoms with Crippen LogP contribution >= 0.6 is 0 Å². The maximum atomic E-state index is 3.60. The summed E-state index contributed by atoms with van der Waals surface area (Å²) in [4.78, 5) is 0. The fourth-order valence-corrected chi connectivity index (χ4v) is 1.77. The minimum Gasteiger partial charge on any atom is -0.343 e. The normalized spacial score (nSPS) is 15.8. The maximum absolute atomic E-state index is 3.60. The molecule has 0 unspecified atom stereocenters. The van der Waals surface area contributed by atoms with Crippen molar-refractivity contribution in [1.82, 2.24) is 0 Å². The molecule has 0 N–H and O–H groups in total. The third kappa shape index (κ3) is 32.4. The van der Waals surface area contributed by atoms with Crippen molar-refractivity contribution in [3.8, 4) is 0 Å². The zero-order chi connectivity index (χ0) is 13.9. The van der Waals surface area contributed by atoms with Gasteiger partial charge < -0.3 is 13.8 Å². The third-order valence-corrected chi connectivity index (χ3v) is 3.21. The summed E-state index contributed by atoms with van der Waals surface area (Å²) in [6.07, 6.45) is 19.6. The van der Waals surface area contributed by atoms with Crippen LogP contribution in [0.4, 0.5) is 0 Å². The molecule has 1 heteroatoms. The molecular formula is C18H38Zr. The van der Waals surface area contributed by atoms with Crippen LogP contribution in [0.2, 0.25) is 0 Å². The van der Waals surface area contributed by atoms with E-state index < -0.39 is 0 Å². The number of rotatable bonds is 2. The van der Waals surface area contributed by atoms with Gasteiger partial charge in [-0.05, 0) is 0 Å². The average molecular weight is 346 g/mol. The molecule has 2 rings (SSSR count). The van der Waals surface area contributed by atoms with Gasteiger partial charge in [0.25, 0.3) is 0 Å². The van der Waals surface area contributed by atoms with Gasteiger partial charge in [0.15, 0.2) is 0 Å². The molecule has 114 valence electrons. The topological polar surface area (TPSA) is 0 Å². The largest absolute Gasteiger partial charge is 2.00 e. The van der Waals surface area contributed by atoms with Gasteiger partial charge in [0.2, 0.25) is 0 Å². The van der Waals surface area contributed by atoms with Crippen molar-refractivity contribution >= 4 is 0 Å². The van der Waals surface area contributed by atoms with Crippen LogP contribution in [0.5, 0.6) is 0 Å². The first-order valence-electron chi connectivity index (χ1n) is 8.41. The maximum Gasteiger partial charge on any atom is 2.00 e. The SMILES string of the molecule is C1CCCC1.C1CCCC1.[CH2-]CCC.[CH2-]CCC.[Zr+2]. The van der Waals surface area contributed by atoms with E-state index in [0.29, 0.717) is 0 Å². The standard InChI is InChI=1S/2C5H10.2C4H9.Zr/c2*1-2-4-5-3-1;2*1-3-4-2;/h2*1-5H2;2*1,3-4H2,2H3;/q;;2*-1;+2. The van der Waals surface area contributed by atoms with Crippen LogP contribution in [0, 0.1) is 13.8 Å². The van der Waals surface area contributed by atoms with Crippen molar-refractivity contribution in [2.45, 2.75) is 104 Å². The predicted molar refractivity (Wildman–Crippen MR) is 86.7 cm³/mol. The van der Waals surface area contributed by atoms with Crippen LogP contribution in [-0.2, 0) is 26.2 Å². The van der Waals surface area contributed by atoms with E-state index in [0.717, 1.165) is 12.8 Å². The third-order valence-electron chi connectivity index (χ3n) is 3.21. The molecule has 2 aliphatic carbocycles. The van der Waals surface area contributed by atoms with Crippen molar-refractivity contribution in [2.75, 3.05) is 0 Å². The molecule has 0 aliphatic heterocycles. The molecule has 0 saturated heterocycles. The predicted octanol–water partition coefficient (Wildman–Crippen LogP) is 7.14. The molecule has 0 bridgehead atoms.